The van der Waals surface area contributed by atoms with E-state index in [1.807, 2.05) is 37.3 Å². The molecule has 2 unspecified atom stereocenters. The van der Waals surface area contributed by atoms with Gasteiger partial charge in [0.25, 0.3) is 5.91 Å². The van der Waals surface area contributed by atoms with Crippen LogP contribution >= 0.6 is 11.6 Å². The lowest BCUT2D eigenvalue weighted by Gasteiger charge is -2.39. The fourth-order valence-corrected chi connectivity index (χ4v) is 7.66. The highest BCUT2D eigenvalue weighted by atomic mass is 35.5. The third kappa shape index (κ3) is 5.48. The van der Waals surface area contributed by atoms with Crippen molar-refractivity contribution in [3.05, 3.63) is 90.5 Å². The molecular weight excluding hydrogens is 580 g/mol. The summed E-state index contributed by atoms with van der Waals surface area (Å²) >= 11 is 6.16. The van der Waals surface area contributed by atoms with Gasteiger partial charge in [-0.3, -0.25) is 14.4 Å². The smallest absolute Gasteiger partial charge is 0.312 e. The lowest BCUT2D eigenvalue weighted by atomic mass is 9.65. The number of aliphatic hydroxyl groups excluding tert-OH is 1. The first-order valence-electron chi connectivity index (χ1n) is 15.4. The largest absolute Gasteiger partial charge is 0.465 e. The second-order valence-electron chi connectivity index (χ2n) is 11.9. The van der Waals surface area contributed by atoms with Gasteiger partial charge >= 0.3 is 5.97 Å². The van der Waals surface area contributed by atoms with E-state index in [0.29, 0.717) is 49.2 Å². The van der Waals surface area contributed by atoms with Crippen molar-refractivity contribution in [2.24, 2.45) is 11.8 Å². The second kappa shape index (κ2) is 13.3. The van der Waals surface area contributed by atoms with Crippen LogP contribution in [0.4, 0.5) is 5.69 Å². The summed E-state index contributed by atoms with van der Waals surface area (Å²) < 4.78 is 12.6. The molecule has 1 spiro atoms. The highest BCUT2D eigenvalue weighted by Gasteiger charge is 2.79. The van der Waals surface area contributed by atoms with Gasteiger partial charge in [0.05, 0.1) is 30.8 Å². The van der Waals surface area contributed by atoms with Gasteiger partial charge in [0.2, 0.25) is 5.91 Å². The third-order valence-corrected chi connectivity index (χ3v) is 9.79. The molecule has 5 rings (SSSR count). The van der Waals surface area contributed by atoms with E-state index in [2.05, 4.69) is 13.2 Å². The fourth-order valence-electron chi connectivity index (χ4n) is 7.53. The molecule has 0 saturated carbocycles. The summed E-state index contributed by atoms with van der Waals surface area (Å²) in [7, 11) is 0. The Morgan fingerprint density at radius 1 is 1.16 bits per heavy atom. The molecule has 6 atom stereocenters. The summed E-state index contributed by atoms with van der Waals surface area (Å²) in [6.07, 6.45) is 6.48. The van der Waals surface area contributed by atoms with Gasteiger partial charge in [0, 0.05) is 17.3 Å². The molecule has 3 aliphatic heterocycles. The summed E-state index contributed by atoms with van der Waals surface area (Å²) in [5.41, 5.74) is -0.677. The molecule has 2 aromatic rings. The number of carbonyl (C=O) groups excluding carboxylic acids is 3. The zero-order chi connectivity index (χ0) is 31.5. The van der Waals surface area contributed by atoms with Crippen LogP contribution in [0.5, 0.6) is 0 Å². The first-order valence-corrected chi connectivity index (χ1v) is 15.8. The summed E-state index contributed by atoms with van der Waals surface area (Å²) in [5, 5.41) is 11.3. The summed E-state index contributed by atoms with van der Waals surface area (Å²) in [4.78, 5) is 46.4. The Morgan fingerprint density at radius 2 is 1.89 bits per heavy atom. The van der Waals surface area contributed by atoms with Gasteiger partial charge in [0.1, 0.15) is 17.6 Å². The molecule has 9 heteroatoms. The Kier molecular flexibility index (Phi) is 9.63. The van der Waals surface area contributed by atoms with Crippen LogP contribution in [0.3, 0.4) is 0 Å². The van der Waals surface area contributed by atoms with E-state index in [1.54, 1.807) is 41.3 Å². The van der Waals surface area contributed by atoms with Crippen LogP contribution in [0.15, 0.2) is 79.9 Å². The minimum absolute atomic E-state index is 0.177. The number of anilines is 1. The number of carbonyl (C=O) groups is 3. The van der Waals surface area contributed by atoms with E-state index in [0.717, 1.165) is 5.56 Å². The highest BCUT2D eigenvalue weighted by Crippen LogP contribution is 2.65. The zero-order valence-electron chi connectivity index (χ0n) is 25.2. The van der Waals surface area contributed by atoms with Crippen LogP contribution in [-0.4, -0.2) is 70.8 Å². The first kappa shape index (κ1) is 31.9. The molecule has 3 saturated heterocycles. The maximum absolute atomic E-state index is 14.9. The number of benzene rings is 2. The van der Waals surface area contributed by atoms with Gasteiger partial charge in [-0.15, -0.1) is 13.2 Å². The van der Waals surface area contributed by atoms with Crippen LogP contribution in [0.25, 0.3) is 0 Å². The summed E-state index contributed by atoms with van der Waals surface area (Å²) in [6, 6.07) is 14.6. The van der Waals surface area contributed by atoms with Gasteiger partial charge in [-0.1, -0.05) is 61.0 Å². The predicted octanol–water partition coefficient (Wildman–Crippen LogP) is 5.13. The van der Waals surface area contributed by atoms with Crippen LogP contribution in [0.2, 0.25) is 5.02 Å². The van der Waals surface area contributed by atoms with E-state index in [1.165, 1.54) is 4.90 Å². The number of halogens is 1. The molecule has 0 aliphatic carbocycles. The van der Waals surface area contributed by atoms with E-state index in [-0.39, 0.29) is 31.6 Å². The lowest BCUT2D eigenvalue weighted by molar-refractivity contribution is -0.162. The molecule has 0 aromatic heterocycles. The Bertz CT molecular complexity index is 1380. The van der Waals surface area contributed by atoms with E-state index in [4.69, 9.17) is 21.1 Å². The number of hydrogen-bond acceptors (Lipinski definition) is 6. The Morgan fingerprint density at radius 3 is 2.52 bits per heavy atom. The second-order valence-corrected chi connectivity index (χ2v) is 12.4. The number of ether oxygens (including phenoxy) is 2. The van der Waals surface area contributed by atoms with Crippen LogP contribution in [0.1, 0.15) is 44.6 Å². The molecule has 8 nitrogen and oxygen atoms in total. The molecule has 3 heterocycles. The summed E-state index contributed by atoms with van der Waals surface area (Å²) in [6.45, 7) is 9.55. The zero-order valence-corrected chi connectivity index (χ0v) is 26.0. The number of aliphatic hydroxyl groups is 1. The number of esters is 1. The molecule has 2 bridgehead atoms. The van der Waals surface area contributed by atoms with Gasteiger partial charge in [-0.2, -0.15) is 0 Å². The molecule has 3 fully saturated rings. The Hall–Kier alpha value is -3.46. The SMILES string of the molecule is C=CCCCOC(=O)[C@H]1[C@H]2C(=O)N([C@@H](CO)Cc3ccccc3)C(C(=O)N(CC=C)c3ccc(Cl)cc3)C23CC[C@]1(CC)O3. The Balaban J connectivity index is 1.60. The minimum atomic E-state index is -1.26. The van der Waals surface area contributed by atoms with Gasteiger partial charge in [-0.05, 0) is 68.4 Å². The van der Waals surface area contributed by atoms with Gasteiger partial charge in [-0.25, -0.2) is 0 Å². The van der Waals surface area contributed by atoms with Gasteiger partial charge < -0.3 is 24.4 Å². The van der Waals surface area contributed by atoms with Crippen LogP contribution < -0.4 is 4.90 Å². The quantitative estimate of drug-likeness (QED) is 0.179. The maximum atomic E-state index is 14.9. The molecule has 234 valence electrons. The predicted molar refractivity (Wildman–Crippen MR) is 169 cm³/mol. The Labute approximate surface area is 264 Å². The number of rotatable bonds is 14. The fraction of sp³-hybridized carbons (Fsp3) is 0.457. The minimum Gasteiger partial charge on any atom is -0.465 e. The topological polar surface area (TPSA) is 96.4 Å². The third-order valence-electron chi connectivity index (χ3n) is 9.54. The number of nitrogens with zero attached hydrogens (tertiary/aromatic N) is 2. The number of allylic oxidation sites excluding steroid dienone is 1. The first-order chi connectivity index (χ1) is 21.3. The van der Waals surface area contributed by atoms with E-state index in [9.17, 15) is 19.5 Å². The van der Waals surface area contributed by atoms with Crippen molar-refractivity contribution >= 4 is 35.1 Å². The number of unbranched alkanes of at least 4 members (excludes halogenated alkanes) is 1. The molecule has 2 aromatic carbocycles. The van der Waals surface area contributed by atoms with Crippen LogP contribution in [-0.2, 0) is 30.3 Å². The standard InChI is InChI=1S/C35H41ClN2O6/c1-4-7-11-21-43-33(42)29-28-31(40)38(27(23-39)22-24-12-9-8-10-13-24)30(35(28)19-18-34(29,6-3)44-35)32(41)37(20-5-2)26-16-14-25(36)15-17-26/h4-5,8-10,12-17,27-30,39H,1-2,6-7,11,18-23H2,3H3/t27-,28+,29-,30?,34+,35?/m1/s1. The van der Waals surface area contributed by atoms with E-state index < -0.39 is 41.1 Å². The molecule has 2 amide bonds. The van der Waals surface area contributed by atoms with Crippen molar-refractivity contribution in [2.75, 3.05) is 24.7 Å². The summed E-state index contributed by atoms with van der Waals surface area (Å²) in [5.74, 6) is -2.99. The normalized spacial score (nSPS) is 27.6. The molecule has 3 aliphatic rings. The average Bonchev–Trinajstić information content (AvgIpc) is 3.65. The molecular formula is C35H41ClN2O6. The lowest BCUT2D eigenvalue weighted by Crippen LogP contribution is -2.59. The van der Waals surface area contributed by atoms with Crippen LogP contribution in [0, 0.1) is 11.8 Å². The highest BCUT2D eigenvalue weighted by molar-refractivity contribution is 6.30. The number of amides is 2. The number of hydrogen-bond donors (Lipinski definition) is 1. The van der Waals surface area contributed by atoms with E-state index >= 15 is 0 Å². The van der Waals surface area contributed by atoms with Crippen molar-refractivity contribution < 1.29 is 29.0 Å². The average molecular weight is 621 g/mol. The number of likely N-dealkylation sites (tertiary alicyclic amines) is 1. The molecule has 0 radical (unpaired) electrons. The molecule has 44 heavy (non-hydrogen) atoms. The monoisotopic (exact) mass is 620 g/mol. The van der Waals surface area contributed by atoms with Crippen molar-refractivity contribution in [3.8, 4) is 0 Å². The molecule has 1 N–H and O–H groups in total. The van der Waals surface area contributed by atoms with Crippen molar-refractivity contribution in [1.82, 2.24) is 4.90 Å². The maximum Gasteiger partial charge on any atom is 0.312 e. The van der Waals surface area contributed by atoms with Crippen molar-refractivity contribution in [3.63, 3.8) is 0 Å². The van der Waals surface area contributed by atoms with Crippen molar-refractivity contribution in [1.29, 1.82) is 0 Å². The van der Waals surface area contributed by atoms with Crippen molar-refractivity contribution in [2.45, 2.75) is 68.7 Å². The number of fused-ring (bicyclic) bond motifs is 1. The van der Waals surface area contributed by atoms with Gasteiger partial charge in [0.15, 0.2) is 0 Å².